The molecule has 0 amide bonds. The van der Waals surface area contributed by atoms with Crippen LogP contribution in [0.25, 0.3) is 0 Å². The highest BCUT2D eigenvalue weighted by Gasteiger charge is 2.70. The molecule has 0 aromatic rings. The molecule has 5 atom stereocenters. The fourth-order valence-electron chi connectivity index (χ4n) is 5.02. The first-order valence-electron chi connectivity index (χ1n) is 6.78. The molecule has 3 rings (SSSR count). The van der Waals surface area contributed by atoms with Crippen LogP contribution in [0.15, 0.2) is 11.6 Å². The summed E-state index contributed by atoms with van der Waals surface area (Å²) in [6.07, 6.45) is 5.66. The molecule has 0 saturated heterocycles. The van der Waals surface area contributed by atoms with Crippen molar-refractivity contribution in [2.75, 3.05) is 0 Å². The van der Waals surface area contributed by atoms with E-state index < -0.39 is 0 Å². The van der Waals surface area contributed by atoms with Crippen LogP contribution in [0.3, 0.4) is 0 Å². The summed E-state index contributed by atoms with van der Waals surface area (Å²) in [6, 6.07) is 0. The van der Waals surface area contributed by atoms with Crippen LogP contribution >= 0.6 is 0 Å². The zero-order valence-corrected chi connectivity index (χ0v) is 11.0. The SMILES string of the molecule is CC1CCC=C2C(O)CC3C(C3(C)C)C21C. The number of hydrogen-bond donors (Lipinski definition) is 1. The summed E-state index contributed by atoms with van der Waals surface area (Å²) < 4.78 is 0. The minimum Gasteiger partial charge on any atom is -0.389 e. The molecule has 0 radical (unpaired) electrons. The molecule has 16 heavy (non-hydrogen) atoms. The maximum absolute atomic E-state index is 10.3. The normalized spacial score (nSPS) is 53.7. The lowest BCUT2D eigenvalue weighted by molar-refractivity contribution is 0.0729. The van der Waals surface area contributed by atoms with Gasteiger partial charge in [-0.1, -0.05) is 33.8 Å². The van der Waals surface area contributed by atoms with Gasteiger partial charge in [-0.25, -0.2) is 0 Å². The van der Waals surface area contributed by atoms with E-state index in [1.54, 1.807) is 0 Å². The van der Waals surface area contributed by atoms with Gasteiger partial charge in [0, 0.05) is 0 Å². The number of fused-ring (bicyclic) bond motifs is 3. The van der Waals surface area contributed by atoms with Crippen LogP contribution < -0.4 is 0 Å². The third-order valence-electron chi connectivity index (χ3n) is 6.14. The predicted molar refractivity (Wildman–Crippen MR) is 66.0 cm³/mol. The Kier molecular flexibility index (Phi) is 1.98. The van der Waals surface area contributed by atoms with Crippen LogP contribution in [0.4, 0.5) is 0 Å². The molecule has 3 aliphatic rings. The lowest BCUT2D eigenvalue weighted by atomic mass is 9.59. The van der Waals surface area contributed by atoms with Crippen molar-refractivity contribution >= 4 is 0 Å². The zero-order valence-electron chi connectivity index (χ0n) is 11.0. The van der Waals surface area contributed by atoms with E-state index in [0.29, 0.717) is 5.41 Å². The largest absolute Gasteiger partial charge is 0.389 e. The molecule has 0 heterocycles. The molecular formula is C15H24O. The van der Waals surface area contributed by atoms with E-state index in [4.69, 9.17) is 0 Å². The second-order valence-electron chi connectivity index (χ2n) is 7.08. The van der Waals surface area contributed by atoms with Gasteiger partial charge in [0.2, 0.25) is 0 Å². The molecule has 0 bridgehead atoms. The monoisotopic (exact) mass is 220 g/mol. The number of allylic oxidation sites excluding steroid dienone is 1. The molecule has 1 heteroatoms. The molecule has 0 aromatic heterocycles. The Morgan fingerprint density at radius 3 is 2.69 bits per heavy atom. The average molecular weight is 220 g/mol. The zero-order chi connectivity index (χ0) is 11.7. The predicted octanol–water partition coefficient (Wildman–Crippen LogP) is 3.39. The van der Waals surface area contributed by atoms with E-state index in [9.17, 15) is 5.11 Å². The Hall–Kier alpha value is -0.300. The molecular weight excluding hydrogens is 196 g/mol. The van der Waals surface area contributed by atoms with Gasteiger partial charge in [0.1, 0.15) is 0 Å². The van der Waals surface area contributed by atoms with E-state index in [1.165, 1.54) is 18.4 Å². The van der Waals surface area contributed by atoms with Crippen molar-refractivity contribution in [3.05, 3.63) is 11.6 Å². The third kappa shape index (κ3) is 1.06. The van der Waals surface area contributed by atoms with Crippen LogP contribution in [0.2, 0.25) is 0 Å². The summed E-state index contributed by atoms with van der Waals surface area (Å²) in [5, 5.41) is 10.3. The van der Waals surface area contributed by atoms with E-state index in [1.807, 2.05) is 0 Å². The number of rotatable bonds is 0. The lowest BCUT2D eigenvalue weighted by Crippen LogP contribution is -2.41. The highest BCUT2D eigenvalue weighted by molar-refractivity contribution is 5.34. The van der Waals surface area contributed by atoms with Crippen LogP contribution in [-0.2, 0) is 0 Å². The average Bonchev–Trinajstić information content (AvgIpc) is 2.73. The summed E-state index contributed by atoms with van der Waals surface area (Å²) in [4.78, 5) is 0. The molecule has 1 nitrogen and oxygen atoms in total. The Morgan fingerprint density at radius 1 is 1.31 bits per heavy atom. The second kappa shape index (κ2) is 2.93. The molecule has 90 valence electrons. The summed E-state index contributed by atoms with van der Waals surface area (Å²) >= 11 is 0. The van der Waals surface area contributed by atoms with Gasteiger partial charge in [-0.15, -0.1) is 0 Å². The van der Waals surface area contributed by atoms with E-state index in [0.717, 1.165) is 24.2 Å². The molecule has 0 aliphatic heterocycles. The van der Waals surface area contributed by atoms with Gasteiger partial charge in [-0.05, 0) is 53.4 Å². The number of hydrogen-bond acceptors (Lipinski definition) is 1. The first-order chi connectivity index (χ1) is 7.40. The second-order valence-corrected chi connectivity index (χ2v) is 7.08. The molecule has 3 aliphatic carbocycles. The van der Waals surface area contributed by atoms with E-state index in [2.05, 4.69) is 33.8 Å². The first kappa shape index (κ1) is 10.8. The maximum Gasteiger partial charge on any atom is 0.0758 e. The van der Waals surface area contributed by atoms with Crippen molar-refractivity contribution in [3.63, 3.8) is 0 Å². The maximum atomic E-state index is 10.3. The van der Waals surface area contributed by atoms with Gasteiger partial charge in [0.15, 0.2) is 0 Å². The van der Waals surface area contributed by atoms with Gasteiger partial charge in [-0.3, -0.25) is 0 Å². The van der Waals surface area contributed by atoms with Crippen LogP contribution in [0.1, 0.15) is 47.0 Å². The molecule has 2 saturated carbocycles. The molecule has 0 aromatic carbocycles. The van der Waals surface area contributed by atoms with Crippen molar-refractivity contribution in [1.29, 1.82) is 0 Å². The third-order valence-corrected chi connectivity index (χ3v) is 6.14. The highest BCUT2D eigenvalue weighted by atomic mass is 16.3. The van der Waals surface area contributed by atoms with Crippen molar-refractivity contribution in [2.24, 2.45) is 28.6 Å². The van der Waals surface area contributed by atoms with Crippen molar-refractivity contribution in [2.45, 2.75) is 53.1 Å². The molecule has 1 N–H and O–H groups in total. The standard InChI is InChI=1S/C15H24O/c1-9-6-5-7-10-12(16)8-11-13(14(11,2)3)15(9,10)4/h7,9,11-13,16H,5-6,8H2,1-4H3. The smallest absolute Gasteiger partial charge is 0.0758 e. The van der Waals surface area contributed by atoms with Gasteiger partial charge in [0.25, 0.3) is 0 Å². The Balaban J connectivity index is 2.07. The van der Waals surface area contributed by atoms with Gasteiger partial charge >= 0.3 is 0 Å². The fourth-order valence-corrected chi connectivity index (χ4v) is 5.02. The minimum absolute atomic E-state index is 0.157. The van der Waals surface area contributed by atoms with Crippen LogP contribution in [0.5, 0.6) is 0 Å². The van der Waals surface area contributed by atoms with Crippen LogP contribution in [0, 0.1) is 28.6 Å². The summed E-state index contributed by atoms with van der Waals surface area (Å²) in [5.74, 6) is 2.30. The minimum atomic E-state index is -0.157. The van der Waals surface area contributed by atoms with E-state index >= 15 is 0 Å². The summed E-state index contributed by atoms with van der Waals surface area (Å²) in [6.45, 7) is 9.59. The molecule has 5 unspecified atom stereocenters. The fraction of sp³-hybridized carbons (Fsp3) is 0.867. The van der Waals surface area contributed by atoms with Gasteiger partial charge < -0.3 is 5.11 Å². The van der Waals surface area contributed by atoms with Crippen molar-refractivity contribution in [1.82, 2.24) is 0 Å². The van der Waals surface area contributed by atoms with Crippen LogP contribution in [-0.4, -0.2) is 11.2 Å². The Labute approximate surface area is 98.9 Å². The summed E-state index contributed by atoms with van der Waals surface area (Å²) in [5.41, 5.74) is 2.11. The number of aliphatic hydroxyl groups is 1. The van der Waals surface area contributed by atoms with E-state index in [-0.39, 0.29) is 11.5 Å². The van der Waals surface area contributed by atoms with Gasteiger partial charge in [0.05, 0.1) is 6.10 Å². The molecule has 2 fully saturated rings. The highest BCUT2D eigenvalue weighted by Crippen LogP contribution is 2.74. The Morgan fingerprint density at radius 2 is 2.00 bits per heavy atom. The number of aliphatic hydroxyl groups excluding tert-OH is 1. The van der Waals surface area contributed by atoms with Crippen molar-refractivity contribution < 1.29 is 5.11 Å². The topological polar surface area (TPSA) is 20.2 Å². The lowest BCUT2D eigenvalue weighted by Gasteiger charge is -2.46. The van der Waals surface area contributed by atoms with Crippen molar-refractivity contribution in [3.8, 4) is 0 Å². The Bertz CT molecular complexity index is 354. The quantitative estimate of drug-likeness (QED) is 0.620. The first-order valence-corrected chi connectivity index (χ1v) is 6.78. The summed E-state index contributed by atoms with van der Waals surface area (Å²) in [7, 11) is 0. The van der Waals surface area contributed by atoms with Gasteiger partial charge in [-0.2, -0.15) is 0 Å². The molecule has 0 spiro atoms.